The fraction of sp³-hybridized carbons (Fsp3) is 0.429. The van der Waals surface area contributed by atoms with E-state index in [1.807, 2.05) is 19.9 Å². The van der Waals surface area contributed by atoms with Crippen molar-refractivity contribution < 1.29 is 10.2 Å². The van der Waals surface area contributed by atoms with Gasteiger partial charge in [0.1, 0.15) is 11.5 Å². The molecule has 3 heteroatoms. The zero-order valence-corrected chi connectivity index (χ0v) is 11.7. The number of hydrogen-bond donors (Lipinski definition) is 2. The van der Waals surface area contributed by atoms with Crippen LogP contribution in [0.2, 0.25) is 0 Å². The molecule has 2 nitrogen and oxygen atoms in total. The fourth-order valence-electron chi connectivity index (χ4n) is 1.83. The molecule has 0 aliphatic carbocycles. The van der Waals surface area contributed by atoms with E-state index in [2.05, 4.69) is 0 Å². The van der Waals surface area contributed by atoms with Crippen molar-refractivity contribution in [1.82, 2.24) is 0 Å². The highest BCUT2D eigenvalue weighted by atomic mass is 35.5. The molecule has 0 bridgehead atoms. The molecule has 0 aromatic heterocycles. The minimum atomic E-state index is -0.412. The number of phenols is 2. The molecule has 1 aromatic rings. The van der Waals surface area contributed by atoms with Gasteiger partial charge in [-0.3, -0.25) is 0 Å². The van der Waals surface area contributed by atoms with Crippen LogP contribution in [-0.2, 0) is 0 Å². The lowest BCUT2D eigenvalue weighted by Gasteiger charge is -2.20. The molecule has 17 heavy (non-hydrogen) atoms. The molecule has 1 unspecified atom stereocenters. The zero-order chi connectivity index (χ0) is 13.3. The van der Waals surface area contributed by atoms with Gasteiger partial charge in [0.05, 0.1) is 5.38 Å². The summed E-state index contributed by atoms with van der Waals surface area (Å²) in [5, 5.41) is 19.8. The fourth-order valence-corrected chi connectivity index (χ4v) is 2.22. The Morgan fingerprint density at radius 1 is 1.06 bits per heavy atom. The minimum Gasteiger partial charge on any atom is -0.507 e. The highest BCUT2D eigenvalue weighted by Crippen LogP contribution is 2.43. The normalized spacial score (nSPS) is 13.9. The lowest BCUT2D eigenvalue weighted by Crippen LogP contribution is -2.00. The number of halogens is 1. The van der Waals surface area contributed by atoms with Gasteiger partial charge in [-0.05, 0) is 51.3 Å². The summed E-state index contributed by atoms with van der Waals surface area (Å²) in [4.78, 5) is 0. The third kappa shape index (κ3) is 2.27. The Morgan fingerprint density at radius 3 is 2.00 bits per heavy atom. The van der Waals surface area contributed by atoms with Crippen LogP contribution >= 0.6 is 11.6 Å². The third-order valence-electron chi connectivity index (χ3n) is 3.40. The maximum Gasteiger partial charge on any atom is 0.124 e. The first-order chi connectivity index (χ1) is 7.82. The summed E-state index contributed by atoms with van der Waals surface area (Å²) < 4.78 is 0. The van der Waals surface area contributed by atoms with Gasteiger partial charge in [0.2, 0.25) is 0 Å². The van der Waals surface area contributed by atoms with Gasteiger partial charge >= 0.3 is 0 Å². The highest BCUT2D eigenvalue weighted by Gasteiger charge is 2.22. The zero-order valence-electron chi connectivity index (χ0n) is 10.9. The summed E-state index contributed by atoms with van der Waals surface area (Å²) in [5.74, 6) is 0.392. The second-order valence-electron chi connectivity index (χ2n) is 4.38. The van der Waals surface area contributed by atoms with Crippen LogP contribution in [0, 0.1) is 20.8 Å². The van der Waals surface area contributed by atoms with E-state index in [1.165, 1.54) is 0 Å². The monoisotopic (exact) mass is 254 g/mol. The second-order valence-corrected chi connectivity index (χ2v) is 4.82. The molecular formula is C14H19ClO2. The van der Waals surface area contributed by atoms with Crippen molar-refractivity contribution in [2.75, 3.05) is 0 Å². The minimum absolute atomic E-state index is 0.180. The van der Waals surface area contributed by atoms with Crippen molar-refractivity contribution in [3.8, 4) is 11.5 Å². The van der Waals surface area contributed by atoms with Gasteiger partial charge in [0.25, 0.3) is 0 Å². The summed E-state index contributed by atoms with van der Waals surface area (Å²) in [6.07, 6.45) is 1.91. The van der Waals surface area contributed by atoms with Gasteiger partial charge in [-0.1, -0.05) is 11.6 Å². The molecule has 0 saturated heterocycles. The first kappa shape index (κ1) is 13.9. The van der Waals surface area contributed by atoms with Crippen molar-refractivity contribution in [2.45, 2.75) is 40.0 Å². The predicted molar refractivity (Wildman–Crippen MR) is 72.0 cm³/mol. The van der Waals surface area contributed by atoms with E-state index in [9.17, 15) is 10.2 Å². The van der Waals surface area contributed by atoms with Crippen LogP contribution in [0.5, 0.6) is 11.5 Å². The quantitative estimate of drug-likeness (QED) is 0.470. The predicted octanol–water partition coefficient (Wildman–Crippen LogP) is 4.27. The van der Waals surface area contributed by atoms with Crippen molar-refractivity contribution in [2.24, 2.45) is 0 Å². The first-order valence-corrected chi connectivity index (χ1v) is 6.05. The molecular weight excluding hydrogens is 236 g/mol. The van der Waals surface area contributed by atoms with E-state index in [1.54, 1.807) is 20.8 Å². The van der Waals surface area contributed by atoms with Gasteiger partial charge in [-0.15, -0.1) is 11.6 Å². The largest absolute Gasteiger partial charge is 0.507 e. The smallest absolute Gasteiger partial charge is 0.124 e. The Bertz CT molecular complexity index is 447. The molecule has 0 fully saturated rings. The molecule has 0 saturated carbocycles. The number of rotatable bonds is 2. The van der Waals surface area contributed by atoms with Crippen molar-refractivity contribution in [3.63, 3.8) is 0 Å². The maximum atomic E-state index is 10.2. The lowest BCUT2D eigenvalue weighted by molar-refractivity contribution is 0.444. The summed E-state index contributed by atoms with van der Waals surface area (Å²) in [6.45, 7) is 9.14. The number of aromatic hydroxyl groups is 2. The van der Waals surface area contributed by atoms with Gasteiger partial charge < -0.3 is 10.2 Å². The van der Waals surface area contributed by atoms with Gasteiger partial charge in [0, 0.05) is 5.56 Å². The van der Waals surface area contributed by atoms with Crippen LogP contribution in [0.3, 0.4) is 0 Å². The number of allylic oxidation sites excluding steroid dienone is 2. The van der Waals surface area contributed by atoms with E-state index in [0.29, 0.717) is 22.3 Å². The summed E-state index contributed by atoms with van der Waals surface area (Å²) in [7, 11) is 0. The SMILES string of the molecule is CC=C(C)C(Cl)c1c(C)c(O)c(C)c(C)c1O. The van der Waals surface area contributed by atoms with Crippen molar-refractivity contribution >= 4 is 11.6 Å². The molecule has 2 N–H and O–H groups in total. The molecule has 1 atom stereocenters. The Kier molecular flexibility index (Phi) is 4.10. The Labute approximate surface area is 108 Å². The van der Waals surface area contributed by atoms with Crippen molar-refractivity contribution in [3.05, 3.63) is 33.9 Å². The standard InChI is InChI=1S/C14H19ClO2/c1-6-7(2)12(15)11-10(5)13(16)8(3)9(4)14(11)17/h6,12,16-17H,1-5H3. The molecule has 0 amide bonds. The third-order valence-corrected chi connectivity index (χ3v) is 3.96. The van der Waals surface area contributed by atoms with Crippen molar-refractivity contribution in [1.29, 1.82) is 0 Å². The second kappa shape index (κ2) is 5.01. The topological polar surface area (TPSA) is 40.5 Å². The molecule has 0 aliphatic heterocycles. The van der Waals surface area contributed by atoms with Crippen LogP contribution in [0.1, 0.15) is 41.5 Å². The molecule has 0 heterocycles. The van der Waals surface area contributed by atoms with E-state index >= 15 is 0 Å². The summed E-state index contributed by atoms with van der Waals surface area (Å²) in [5.41, 5.74) is 3.57. The van der Waals surface area contributed by atoms with E-state index < -0.39 is 5.38 Å². The number of hydrogen-bond acceptors (Lipinski definition) is 2. The van der Waals surface area contributed by atoms with Gasteiger partial charge in [-0.2, -0.15) is 0 Å². The number of phenolic OH excluding ortho intramolecular Hbond substituents is 2. The molecule has 1 rings (SSSR count). The average molecular weight is 255 g/mol. The maximum absolute atomic E-state index is 10.2. The summed E-state index contributed by atoms with van der Waals surface area (Å²) in [6, 6.07) is 0. The Hall–Kier alpha value is -1.15. The average Bonchev–Trinajstić information content (AvgIpc) is 2.32. The van der Waals surface area contributed by atoms with E-state index in [-0.39, 0.29) is 11.5 Å². The Morgan fingerprint density at radius 2 is 1.53 bits per heavy atom. The van der Waals surface area contributed by atoms with E-state index in [4.69, 9.17) is 11.6 Å². The van der Waals surface area contributed by atoms with E-state index in [0.717, 1.165) is 5.57 Å². The van der Waals surface area contributed by atoms with Crippen LogP contribution < -0.4 is 0 Å². The van der Waals surface area contributed by atoms with Crippen LogP contribution in [0.4, 0.5) is 0 Å². The lowest BCUT2D eigenvalue weighted by atomic mass is 9.93. The van der Waals surface area contributed by atoms with Crippen LogP contribution in [0.15, 0.2) is 11.6 Å². The van der Waals surface area contributed by atoms with Gasteiger partial charge in [-0.25, -0.2) is 0 Å². The van der Waals surface area contributed by atoms with Crippen LogP contribution in [-0.4, -0.2) is 10.2 Å². The number of benzene rings is 1. The number of alkyl halides is 1. The molecule has 94 valence electrons. The first-order valence-electron chi connectivity index (χ1n) is 5.61. The molecule has 0 aliphatic rings. The molecule has 0 spiro atoms. The molecule has 0 radical (unpaired) electrons. The highest BCUT2D eigenvalue weighted by molar-refractivity contribution is 6.23. The van der Waals surface area contributed by atoms with Crippen LogP contribution in [0.25, 0.3) is 0 Å². The molecule has 1 aromatic carbocycles. The Balaban J connectivity index is 3.55. The summed E-state index contributed by atoms with van der Waals surface area (Å²) >= 11 is 6.32. The van der Waals surface area contributed by atoms with Gasteiger partial charge in [0.15, 0.2) is 0 Å².